The molecule has 0 radical (unpaired) electrons. The van der Waals surface area contributed by atoms with Crippen molar-refractivity contribution < 1.29 is 14.8 Å². The number of carbonyl (C=O) groups is 1. The molecule has 164 valence electrons. The minimum absolute atomic E-state index is 0.0543. The van der Waals surface area contributed by atoms with E-state index in [1.807, 2.05) is 0 Å². The third-order valence-electron chi connectivity index (χ3n) is 8.68. The first kappa shape index (κ1) is 21.6. The molecule has 2 aliphatic carbocycles. The van der Waals surface area contributed by atoms with Gasteiger partial charge in [0.25, 0.3) is 0 Å². The van der Waals surface area contributed by atoms with E-state index in [1.165, 1.54) is 25.7 Å². The van der Waals surface area contributed by atoms with Crippen LogP contribution in [-0.2, 0) is 4.79 Å². The average Bonchev–Trinajstić information content (AvgIpc) is 2.77. The Kier molecular flexibility index (Phi) is 7.20. The summed E-state index contributed by atoms with van der Waals surface area (Å²) in [5, 5.41) is 22.9. The Balaban J connectivity index is 1.27. The minimum atomic E-state index is -1.25. The summed E-state index contributed by atoms with van der Waals surface area (Å²) in [4.78, 5) is 15.3. The standard InChI is InChI=1S/C22H40BN3O3/c24-13-15-3-1-4-17(11-15)16-7-9-26(10-8-16)22(27)19-12-18-5-2-6-20(23(28)29)21(18)25-14-19/h15-21,25,28-29H,1-14,24H2. The zero-order valence-electron chi connectivity index (χ0n) is 17.8. The average molecular weight is 405 g/mol. The molecule has 0 aromatic carbocycles. The van der Waals surface area contributed by atoms with Gasteiger partial charge >= 0.3 is 7.12 Å². The number of carbonyl (C=O) groups excluding carboxylic acids is 1. The summed E-state index contributed by atoms with van der Waals surface area (Å²) >= 11 is 0. The van der Waals surface area contributed by atoms with Crippen LogP contribution in [0.1, 0.15) is 64.2 Å². The van der Waals surface area contributed by atoms with E-state index in [1.54, 1.807) is 0 Å². The zero-order valence-corrected chi connectivity index (χ0v) is 17.8. The fourth-order valence-electron chi connectivity index (χ4n) is 6.98. The van der Waals surface area contributed by atoms with Gasteiger partial charge in [0, 0.05) is 31.5 Å². The zero-order chi connectivity index (χ0) is 20.4. The third kappa shape index (κ3) is 4.84. The number of hydrogen-bond donors (Lipinski definition) is 4. The highest BCUT2D eigenvalue weighted by molar-refractivity contribution is 6.43. The highest BCUT2D eigenvalue weighted by Crippen LogP contribution is 2.41. The molecule has 2 saturated heterocycles. The van der Waals surface area contributed by atoms with Crippen LogP contribution in [0.15, 0.2) is 0 Å². The van der Waals surface area contributed by atoms with Crippen molar-refractivity contribution in [3.8, 4) is 0 Å². The maximum Gasteiger partial charge on any atom is 0.456 e. The Morgan fingerprint density at radius 1 is 0.966 bits per heavy atom. The first-order valence-corrected chi connectivity index (χ1v) is 12.1. The highest BCUT2D eigenvalue weighted by Gasteiger charge is 2.44. The van der Waals surface area contributed by atoms with E-state index in [-0.39, 0.29) is 17.8 Å². The van der Waals surface area contributed by atoms with Crippen molar-refractivity contribution in [2.75, 3.05) is 26.2 Å². The monoisotopic (exact) mass is 405 g/mol. The summed E-state index contributed by atoms with van der Waals surface area (Å²) in [6.45, 7) is 3.34. The van der Waals surface area contributed by atoms with Gasteiger partial charge in [0.05, 0.1) is 5.92 Å². The lowest BCUT2D eigenvalue weighted by Gasteiger charge is -2.45. The second kappa shape index (κ2) is 9.67. The van der Waals surface area contributed by atoms with Gasteiger partial charge in [0.1, 0.15) is 0 Å². The molecular weight excluding hydrogens is 365 g/mol. The molecule has 0 spiro atoms. The summed E-state index contributed by atoms with van der Waals surface area (Å²) in [7, 11) is -1.25. The number of fused-ring (bicyclic) bond motifs is 1. The number of hydrogen-bond acceptors (Lipinski definition) is 5. The van der Waals surface area contributed by atoms with E-state index in [9.17, 15) is 14.8 Å². The number of piperidine rings is 2. The maximum absolute atomic E-state index is 13.2. The van der Waals surface area contributed by atoms with Crippen molar-refractivity contribution in [1.82, 2.24) is 10.2 Å². The number of nitrogens with zero attached hydrogens (tertiary/aromatic N) is 1. The van der Waals surface area contributed by atoms with Crippen LogP contribution in [0.5, 0.6) is 0 Å². The number of amides is 1. The van der Waals surface area contributed by atoms with Crippen LogP contribution in [0.3, 0.4) is 0 Å². The van der Waals surface area contributed by atoms with E-state index in [0.717, 1.165) is 70.0 Å². The topological polar surface area (TPSA) is 98.8 Å². The lowest BCUT2D eigenvalue weighted by Crippen LogP contribution is -2.56. The highest BCUT2D eigenvalue weighted by atomic mass is 16.4. The van der Waals surface area contributed by atoms with Gasteiger partial charge in [-0.15, -0.1) is 0 Å². The van der Waals surface area contributed by atoms with Gasteiger partial charge in [-0.05, 0) is 68.7 Å². The van der Waals surface area contributed by atoms with E-state index in [0.29, 0.717) is 24.3 Å². The van der Waals surface area contributed by atoms with Crippen LogP contribution in [0.4, 0.5) is 0 Å². The molecule has 7 heteroatoms. The van der Waals surface area contributed by atoms with Crippen LogP contribution >= 0.6 is 0 Å². The van der Waals surface area contributed by atoms with Crippen molar-refractivity contribution in [3.05, 3.63) is 0 Å². The van der Waals surface area contributed by atoms with Gasteiger partial charge in [-0.1, -0.05) is 25.7 Å². The predicted molar refractivity (Wildman–Crippen MR) is 115 cm³/mol. The SMILES string of the molecule is NCC1CCCC(C2CCN(C(=O)C3CNC4C(CCCC4B(O)O)C3)CC2)C1. The molecule has 2 aliphatic heterocycles. The molecule has 29 heavy (non-hydrogen) atoms. The van der Waals surface area contributed by atoms with Crippen molar-refractivity contribution >= 4 is 13.0 Å². The minimum Gasteiger partial charge on any atom is -0.427 e. The Morgan fingerprint density at radius 3 is 2.41 bits per heavy atom. The van der Waals surface area contributed by atoms with E-state index in [4.69, 9.17) is 5.73 Å². The molecule has 5 N–H and O–H groups in total. The molecule has 4 aliphatic rings. The number of nitrogens with two attached hydrogens (primary N) is 1. The molecule has 1 amide bonds. The summed E-state index contributed by atoms with van der Waals surface area (Å²) in [6.07, 6.45) is 11.5. The van der Waals surface area contributed by atoms with Gasteiger partial charge in [-0.2, -0.15) is 0 Å². The van der Waals surface area contributed by atoms with Gasteiger partial charge in [-0.3, -0.25) is 4.79 Å². The molecule has 4 rings (SSSR count). The molecule has 2 saturated carbocycles. The summed E-state index contributed by atoms with van der Waals surface area (Å²) < 4.78 is 0. The van der Waals surface area contributed by atoms with Crippen LogP contribution in [0.25, 0.3) is 0 Å². The fourth-order valence-corrected chi connectivity index (χ4v) is 6.98. The Labute approximate surface area is 176 Å². The normalized spacial score (nSPS) is 39.1. The third-order valence-corrected chi connectivity index (χ3v) is 8.68. The first-order chi connectivity index (χ1) is 14.1. The van der Waals surface area contributed by atoms with Crippen LogP contribution in [-0.4, -0.2) is 60.2 Å². The van der Waals surface area contributed by atoms with Crippen molar-refractivity contribution in [1.29, 1.82) is 0 Å². The molecule has 6 unspecified atom stereocenters. The van der Waals surface area contributed by atoms with E-state index >= 15 is 0 Å². The largest absolute Gasteiger partial charge is 0.456 e. The van der Waals surface area contributed by atoms with Crippen molar-refractivity contribution in [2.24, 2.45) is 35.3 Å². The quantitative estimate of drug-likeness (QED) is 0.533. The van der Waals surface area contributed by atoms with Gasteiger partial charge in [0.2, 0.25) is 5.91 Å². The Hall–Kier alpha value is -0.625. The number of rotatable bonds is 4. The number of likely N-dealkylation sites (tertiary alicyclic amines) is 1. The Bertz CT molecular complexity index is 555. The lowest BCUT2D eigenvalue weighted by molar-refractivity contribution is -0.139. The second-order valence-electron chi connectivity index (χ2n) is 10.3. The summed E-state index contributed by atoms with van der Waals surface area (Å²) in [5.41, 5.74) is 5.92. The molecule has 6 atom stereocenters. The Morgan fingerprint density at radius 2 is 1.69 bits per heavy atom. The lowest BCUT2D eigenvalue weighted by atomic mass is 9.57. The first-order valence-electron chi connectivity index (χ1n) is 12.1. The predicted octanol–water partition coefficient (Wildman–Crippen LogP) is 1.61. The molecule has 0 bridgehead atoms. The molecule has 4 fully saturated rings. The van der Waals surface area contributed by atoms with Gasteiger partial charge in [-0.25, -0.2) is 0 Å². The second-order valence-corrected chi connectivity index (χ2v) is 10.3. The smallest absolute Gasteiger partial charge is 0.427 e. The maximum atomic E-state index is 13.2. The molecule has 2 heterocycles. The fraction of sp³-hybridized carbons (Fsp3) is 0.955. The summed E-state index contributed by atoms with van der Waals surface area (Å²) in [6, 6.07) is 0.153. The van der Waals surface area contributed by atoms with Gasteiger partial charge < -0.3 is 26.0 Å². The summed E-state index contributed by atoms with van der Waals surface area (Å²) in [5.74, 6) is 2.98. The van der Waals surface area contributed by atoms with E-state index in [2.05, 4.69) is 10.2 Å². The molecule has 0 aromatic rings. The van der Waals surface area contributed by atoms with Crippen molar-refractivity contribution in [3.63, 3.8) is 0 Å². The van der Waals surface area contributed by atoms with Crippen molar-refractivity contribution in [2.45, 2.75) is 76.1 Å². The van der Waals surface area contributed by atoms with Crippen LogP contribution in [0.2, 0.25) is 5.82 Å². The molecule has 0 aromatic heterocycles. The molecule has 6 nitrogen and oxygen atoms in total. The van der Waals surface area contributed by atoms with Crippen LogP contribution in [0, 0.1) is 29.6 Å². The van der Waals surface area contributed by atoms with Gasteiger partial charge in [0.15, 0.2) is 0 Å². The van der Waals surface area contributed by atoms with E-state index < -0.39 is 7.12 Å². The molecular formula is C22H40BN3O3. The van der Waals surface area contributed by atoms with Crippen LogP contribution < -0.4 is 11.1 Å². The number of nitrogens with one attached hydrogen (secondary N) is 1.